The van der Waals surface area contributed by atoms with E-state index in [0.717, 1.165) is 77.4 Å². The van der Waals surface area contributed by atoms with Crippen molar-refractivity contribution in [1.29, 1.82) is 0 Å². The molecular formula is C82H91Cl3N14O22. The number of primary amides is 1. The average molecular weight is 1730 g/mol. The van der Waals surface area contributed by atoms with Gasteiger partial charge in [-0.15, -0.1) is 0 Å². The lowest BCUT2D eigenvalue weighted by atomic mass is 9.89. The summed E-state index contributed by atoms with van der Waals surface area (Å²) >= 11 is 20.6. The number of aliphatic hydroxyl groups is 5. The number of azide groups is 1. The number of carbonyl (C=O) groups excluding carboxylic acids is 8. The van der Waals surface area contributed by atoms with Gasteiger partial charge < -0.3 is 129 Å². The molecule has 18 atom stereocenters. The SMILES string of the molecule is CN[C@H](CC(C)C)C(=O)N[C@H]1C(=O)N[C@@H](CC(N)=O)C(=O)N[C@H]2C(=O)NC3C(=O)N[C@H](C(=O)N[C@H](C(=O)NCCCCN)c4cc(O)cc(O)c4-c4cc3ccc4O)[C@H](O)c3ccc(c(Cl)c3)Oc3cc2cc(c3OC2OC(CN=[N+]=[N-])C(O)C(O)C2OC2CC(NCc3ccc(-c4ccc(Cl)cc4)cc3)C(O)C(C)O2)Oc2ccc(cc2Cl)[C@H]1O. The minimum absolute atomic E-state index is 0.0296. The molecule has 10 unspecified atom stereocenters. The highest BCUT2D eigenvalue weighted by Crippen LogP contribution is 2.50. The van der Waals surface area contributed by atoms with Crippen LogP contribution in [0, 0.1) is 5.92 Å². The molecule has 642 valence electrons. The van der Waals surface area contributed by atoms with E-state index in [2.05, 4.69) is 57.9 Å². The number of aliphatic hydroxyl groups excluding tert-OH is 5. The van der Waals surface area contributed by atoms with E-state index in [1.165, 1.54) is 25.2 Å². The molecule has 2 fully saturated rings. The van der Waals surface area contributed by atoms with Crippen LogP contribution in [0.5, 0.6) is 46.0 Å². The molecule has 0 spiro atoms. The van der Waals surface area contributed by atoms with Crippen LogP contribution in [-0.2, 0) is 59.1 Å². The number of phenols is 3. The predicted octanol–water partition coefficient (Wildman–Crippen LogP) is 4.96. The van der Waals surface area contributed by atoms with Crippen molar-refractivity contribution in [2.24, 2.45) is 22.5 Å². The lowest BCUT2D eigenvalue weighted by Crippen LogP contribution is -2.62. The molecule has 8 amide bonds. The molecule has 11 bridgehead atoms. The van der Waals surface area contributed by atoms with Crippen molar-refractivity contribution in [2.45, 2.75) is 169 Å². The molecule has 14 rings (SSSR count). The first-order valence-corrected chi connectivity index (χ1v) is 39.8. The van der Waals surface area contributed by atoms with E-state index in [9.17, 15) is 60.8 Å². The Hall–Kier alpha value is -11.2. The first-order chi connectivity index (χ1) is 57.8. The quantitative estimate of drug-likeness (QED) is 0.0185. The maximum absolute atomic E-state index is 16.4. The van der Waals surface area contributed by atoms with E-state index in [0.29, 0.717) is 17.9 Å². The standard InChI is InChI=1S/C82H91Cl3N14O22/c1-35(2)23-51(89-4)75(109)97-66-69(105)41-14-19-55(48(84)25-41)117-57-27-43-28-58(73(57)121-82-74(72(108)71(107)59(119-82)34-92-99-88)120-61-32-50(68(104)36(3)116-61)91-33-37-7-9-38(10-8-37)39-11-16-44(83)17-12-39)118-56-20-15-42(26-49(56)85)70(106)67-81(115)96-65(77(111)90-22-6-5-21-86)47-29-45(100)30-54(102)62(47)46-24-40(13-18-53(46)101)63(78(112)98-67)95-79(113)64(43)94-76(110)52(31-60(87)103)93-80(66)114/h7-20,24-30,35-36,50-52,59,61,63-72,74,82,89,91,100-102,104-108H,5-6,21-23,31-34,86H2,1-4H3,(H2,87,103)(H,90,111)(H,93,114)(H,94,110)(H,95,113)(H,96,115)(H,97,109)(H,98,112)/t36?,50?,51-,52+,59?,61?,63?,64-,65+,66-,67+,68?,69-,70-,71?,72?,74?,82?/m1/s1. The zero-order valence-electron chi connectivity index (χ0n) is 65.4. The van der Waals surface area contributed by atoms with Gasteiger partial charge in [-0.2, -0.15) is 0 Å². The number of nitrogens with two attached hydrogens (primary N) is 2. The summed E-state index contributed by atoms with van der Waals surface area (Å²) in [5, 5.41) is 124. The largest absolute Gasteiger partial charge is 0.508 e. The monoisotopic (exact) mass is 1730 g/mol. The molecule has 36 nitrogen and oxygen atoms in total. The Morgan fingerprint density at radius 1 is 0.678 bits per heavy atom. The van der Waals surface area contributed by atoms with Crippen LogP contribution < -0.4 is 73.5 Å². The Morgan fingerprint density at radius 3 is 1.93 bits per heavy atom. The number of fused-ring (bicyclic) bond motifs is 15. The van der Waals surface area contributed by atoms with Gasteiger partial charge in [0.25, 0.3) is 0 Å². The van der Waals surface area contributed by atoms with Crippen LogP contribution in [0.1, 0.15) is 117 Å². The van der Waals surface area contributed by atoms with Crippen molar-refractivity contribution in [3.63, 3.8) is 0 Å². The van der Waals surface area contributed by atoms with Crippen LogP contribution in [0.25, 0.3) is 32.7 Å². The fourth-order valence-electron chi connectivity index (χ4n) is 14.8. The van der Waals surface area contributed by atoms with Crippen LogP contribution >= 0.6 is 34.8 Å². The number of rotatable bonds is 22. The first-order valence-electron chi connectivity index (χ1n) is 38.7. The maximum atomic E-state index is 16.4. The summed E-state index contributed by atoms with van der Waals surface area (Å²) < 4.78 is 39.8. The zero-order valence-corrected chi connectivity index (χ0v) is 67.6. The lowest BCUT2D eigenvalue weighted by Gasteiger charge is -2.45. The number of aromatic hydroxyl groups is 3. The number of likely N-dealkylation sites (N-methyl/N-ethyl adjacent to an activating group) is 1. The summed E-state index contributed by atoms with van der Waals surface area (Å²) in [7, 11) is 1.48. The number of benzene rings is 7. The van der Waals surface area contributed by atoms with Crippen molar-refractivity contribution >= 4 is 82.1 Å². The highest BCUT2D eigenvalue weighted by molar-refractivity contribution is 6.32. The molecular weight excluding hydrogens is 1640 g/mol. The van der Waals surface area contributed by atoms with E-state index >= 15 is 24.0 Å². The number of halogens is 3. The summed E-state index contributed by atoms with van der Waals surface area (Å²) in [6, 6.07) is 14.4. The number of amides is 8. The van der Waals surface area contributed by atoms with Crippen LogP contribution in [0.3, 0.4) is 0 Å². The van der Waals surface area contributed by atoms with Crippen molar-refractivity contribution in [3.05, 3.63) is 186 Å². The van der Waals surface area contributed by atoms with Crippen molar-refractivity contribution < 1.29 is 108 Å². The average Bonchev–Trinajstić information content (AvgIpc) is 0.763. The fourth-order valence-corrected chi connectivity index (χ4v) is 15.4. The van der Waals surface area contributed by atoms with E-state index in [1.807, 2.05) is 50.2 Å². The molecule has 0 aromatic heterocycles. The van der Waals surface area contributed by atoms with Crippen LogP contribution in [0.2, 0.25) is 15.1 Å². The van der Waals surface area contributed by atoms with Gasteiger partial charge >= 0.3 is 0 Å². The highest BCUT2D eigenvalue weighted by atomic mass is 35.5. The zero-order chi connectivity index (χ0) is 86.9. The molecule has 7 aromatic carbocycles. The molecule has 0 radical (unpaired) electrons. The van der Waals surface area contributed by atoms with Crippen LogP contribution in [0.15, 0.2) is 133 Å². The van der Waals surface area contributed by atoms with Gasteiger partial charge in [-0.25, -0.2) is 0 Å². The Labute approximate surface area is 706 Å². The van der Waals surface area contributed by atoms with Gasteiger partial charge in [-0.1, -0.05) is 108 Å². The molecule has 2 saturated heterocycles. The van der Waals surface area contributed by atoms with Gasteiger partial charge in [0.1, 0.15) is 89.4 Å². The smallest absolute Gasteiger partial charge is 0.248 e. The number of nitrogens with one attached hydrogen (secondary N) is 9. The Balaban J connectivity index is 1.04. The van der Waals surface area contributed by atoms with E-state index in [1.54, 1.807) is 19.1 Å². The minimum atomic E-state index is -2.36. The van der Waals surface area contributed by atoms with Crippen molar-refractivity contribution in [3.8, 4) is 68.2 Å². The van der Waals surface area contributed by atoms with Gasteiger partial charge in [0.05, 0.1) is 47.4 Å². The Kier molecular flexibility index (Phi) is 28.8. The summed E-state index contributed by atoms with van der Waals surface area (Å²) in [5.41, 5.74) is 21.5. The maximum Gasteiger partial charge on any atom is 0.248 e. The van der Waals surface area contributed by atoms with Gasteiger partial charge in [-0.3, -0.25) is 38.4 Å². The fraction of sp³-hybridized carbons (Fsp3) is 0.390. The number of phenolic OH excluding ortho intramolecular Hbond substituents is 3. The number of hydrogen-bond acceptors (Lipinski definition) is 26. The lowest BCUT2D eigenvalue weighted by molar-refractivity contribution is -0.327. The topological polar surface area (TPSA) is 563 Å². The molecule has 0 saturated carbocycles. The second-order valence-corrected chi connectivity index (χ2v) is 31.4. The van der Waals surface area contributed by atoms with Gasteiger partial charge in [0.2, 0.25) is 59.3 Å². The molecule has 7 aliphatic rings. The molecule has 21 N–H and O–H groups in total. The molecule has 0 aliphatic carbocycles. The predicted molar refractivity (Wildman–Crippen MR) is 435 cm³/mol. The number of carbonyl (C=O) groups is 8. The van der Waals surface area contributed by atoms with E-state index in [4.69, 9.17) is 74.7 Å². The molecule has 39 heteroatoms. The Bertz CT molecular complexity index is 5090. The third kappa shape index (κ3) is 20.7. The molecule has 7 aliphatic heterocycles. The third-order valence-corrected chi connectivity index (χ3v) is 22.0. The molecule has 7 heterocycles. The van der Waals surface area contributed by atoms with Crippen LogP contribution in [0.4, 0.5) is 0 Å². The number of nitrogens with zero attached hydrogens (tertiary/aromatic N) is 3. The number of ether oxygens (including phenoxy) is 6. The summed E-state index contributed by atoms with van der Waals surface area (Å²) in [4.78, 5) is 123. The molecule has 7 aromatic rings. The van der Waals surface area contributed by atoms with Gasteiger partial charge in [0, 0.05) is 52.7 Å². The van der Waals surface area contributed by atoms with Crippen molar-refractivity contribution in [1.82, 2.24) is 47.9 Å². The molecule has 121 heavy (non-hydrogen) atoms. The highest BCUT2D eigenvalue weighted by Gasteiger charge is 2.51. The van der Waals surface area contributed by atoms with Gasteiger partial charge in [0.15, 0.2) is 23.9 Å². The number of unbranched alkanes of at least 4 members (excludes halogenated alkanes) is 1. The summed E-state index contributed by atoms with van der Waals surface area (Å²) in [5.74, 6) is -14.7. The van der Waals surface area contributed by atoms with E-state index in [-0.39, 0.29) is 82.7 Å². The summed E-state index contributed by atoms with van der Waals surface area (Å²) in [6.45, 7) is 4.97. The number of hydrogen-bond donors (Lipinski definition) is 19. The third-order valence-electron chi connectivity index (χ3n) is 21.2. The first kappa shape index (κ1) is 89.1. The second kappa shape index (κ2) is 39.1. The Morgan fingerprint density at radius 2 is 1.31 bits per heavy atom. The van der Waals surface area contributed by atoms with Crippen molar-refractivity contribution in [2.75, 3.05) is 26.7 Å². The normalized spacial score (nSPS) is 25.7. The second-order valence-electron chi connectivity index (χ2n) is 30.2. The minimum Gasteiger partial charge on any atom is -0.508 e. The van der Waals surface area contributed by atoms with E-state index < -0.39 is 221 Å². The van der Waals surface area contributed by atoms with Crippen LogP contribution in [-0.4, -0.2) is 194 Å². The summed E-state index contributed by atoms with van der Waals surface area (Å²) in [6.07, 6.45) is -17.7. The van der Waals surface area contributed by atoms with Gasteiger partial charge in [-0.05, 0) is 162 Å².